The van der Waals surface area contributed by atoms with Crippen molar-refractivity contribution in [1.82, 2.24) is 4.90 Å². The molecule has 1 saturated carbocycles. The Kier molecular flexibility index (Phi) is 6.29. The highest BCUT2D eigenvalue weighted by molar-refractivity contribution is 5.36. The van der Waals surface area contributed by atoms with Gasteiger partial charge in [0, 0.05) is 18.2 Å². The van der Waals surface area contributed by atoms with Crippen LogP contribution in [-0.2, 0) is 6.54 Å². The molecule has 2 nitrogen and oxygen atoms in total. The van der Waals surface area contributed by atoms with Crippen molar-refractivity contribution in [2.75, 3.05) is 13.7 Å². The van der Waals surface area contributed by atoms with Crippen LogP contribution in [0.15, 0.2) is 24.3 Å². The minimum Gasteiger partial charge on any atom is -0.384 e. The molecule has 0 spiro atoms. The first-order valence-electron chi connectivity index (χ1n) is 8.11. The lowest BCUT2D eigenvalue weighted by molar-refractivity contribution is 0.157. The van der Waals surface area contributed by atoms with Crippen molar-refractivity contribution in [3.05, 3.63) is 35.4 Å². The predicted molar refractivity (Wildman–Crippen MR) is 87.9 cm³/mol. The van der Waals surface area contributed by atoms with E-state index in [1.54, 1.807) is 0 Å². The Bertz CT molecular complexity index is 475. The first-order chi connectivity index (χ1) is 10.2. The lowest BCUT2D eigenvalue weighted by Crippen LogP contribution is -2.34. The van der Waals surface area contributed by atoms with Gasteiger partial charge in [-0.2, -0.15) is 0 Å². The lowest BCUT2D eigenvalue weighted by atomic mass is 9.84. The minimum atomic E-state index is -0.0784. The van der Waals surface area contributed by atoms with Crippen LogP contribution < -0.4 is 0 Å². The van der Waals surface area contributed by atoms with Crippen LogP contribution in [-0.4, -0.2) is 29.7 Å². The first kappa shape index (κ1) is 16.1. The first-order valence-corrected chi connectivity index (χ1v) is 8.11. The van der Waals surface area contributed by atoms with Crippen LogP contribution in [0, 0.1) is 17.8 Å². The van der Waals surface area contributed by atoms with Crippen molar-refractivity contribution in [3.63, 3.8) is 0 Å². The molecule has 2 rings (SSSR count). The summed E-state index contributed by atoms with van der Waals surface area (Å²) in [6.07, 6.45) is 6.80. The van der Waals surface area contributed by atoms with Gasteiger partial charge in [-0.05, 0) is 56.3 Å². The second kappa shape index (κ2) is 8.22. The van der Waals surface area contributed by atoms with E-state index < -0.39 is 0 Å². The fourth-order valence-electron chi connectivity index (χ4n) is 3.25. The van der Waals surface area contributed by atoms with Crippen LogP contribution in [0.2, 0.25) is 0 Å². The van der Waals surface area contributed by atoms with Gasteiger partial charge in [0.05, 0.1) is 0 Å². The Balaban J connectivity index is 1.86. The van der Waals surface area contributed by atoms with E-state index in [1.165, 1.54) is 37.7 Å². The molecule has 114 valence electrons. The Morgan fingerprint density at radius 2 is 1.81 bits per heavy atom. The van der Waals surface area contributed by atoms with Crippen LogP contribution in [0.4, 0.5) is 0 Å². The van der Waals surface area contributed by atoms with Crippen LogP contribution in [0.3, 0.4) is 0 Å². The zero-order valence-electron chi connectivity index (χ0n) is 13.3. The number of benzene rings is 1. The van der Waals surface area contributed by atoms with Gasteiger partial charge >= 0.3 is 0 Å². The second-order valence-electron chi connectivity index (χ2n) is 6.15. The normalized spacial score (nSPS) is 21.9. The highest BCUT2D eigenvalue weighted by Gasteiger charge is 2.22. The molecule has 0 amide bonds. The SMILES string of the molecule is CCC1CCC(N(C)Cc2ccc(C#CCO)cc2)CC1. The van der Waals surface area contributed by atoms with Gasteiger partial charge in [0.1, 0.15) is 6.61 Å². The number of aliphatic hydroxyl groups excluding tert-OH is 1. The average molecular weight is 285 g/mol. The van der Waals surface area contributed by atoms with Crippen LogP contribution in [0.25, 0.3) is 0 Å². The Labute approximate surface area is 129 Å². The molecule has 21 heavy (non-hydrogen) atoms. The number of hydrogen-bond acceptors (Lipinski definition) is 2. The second-order valence-corrected chi connectivity index (χ2v) is 6.15. The maximum Gasteiger partial charge on any atom is 0.104 e. The van der Waals surface area contributed by atoms with Gasteiger partial charge < -0.3 is 5.11 Å². The van der Waals surface area contributed by atoms with Crippen molar-refractivity contribution in [1.29, 1.82) is 0 Å². The summed E-state index contributed by atoms with van der Waals surface area (Å²) < 4.78 is 0. The van der Waals surface area contributed by atoms with Gasteiger partial charge in [0.25, 0.3) is 0 Å². The smallest absolute Gasteiger partial charge is 0.104 e. The standard InChI is InChI=1S/C19H27NO/c1-3-16-10-12-19(13-11-16)20(2)15-18-8-6-17(7-9-18)5-4-14-21/h6-9,16,19,21H,3,10-15H2,1-2H3. The average Bonchev–Trinajstić information content (AvgIpc) is 2.54. The molecule has 0 atom stereocenters. The number of nitrogens with zero attached hydrogens (tertiary/aromatic N) is 1. The maximum absolute atomic E-state index is 8.70. The predicted octanol–water partition coefficient (Wildman–Crippen LogP) is 3.43. The van der Waals surface area contributed by atoms with Crippen LogP contribution >= 0.6 is 0 Å². The van der Waals surface area contributed by atoms with Gasteiger partial charge in [-0.3, -0.25) is 4.90 Å². The maximum atomic E-state index is 8.70. The third kappa shape index (κ3) is 4.88. The summed E-state index contributed by atoms with van der Waals surface area (Å²) in [6, 6.07) is 9.12. The minimum absolute atomic E-state index is 0.0784. The van der Waals surface area contributed by atoms with Gasteiger partial charge in [0.2, 0.25) is 0 Å². The van der Waals surface area contributed by atoms with Crippen LogP contribution in [0.1, 0.15) is 50.2 Å². The van der Waals surface area contributed by atoms with E-state index in [-0.39, 0.29) is 6.61 Å². The highest BCUT2D eigenvalue weighted by Crippen LogP contribution is 2.29. The topological polar surface area (TPSA) is 23.5 Å². The molecule has 1 aromatic carbocycles. The quantitative estimate of drug-likeness (QED) is 0.857. The van der Waals surface area contributed by atoms with Gasteiger partial charge in [0.15, 0.2) is 0 Å². The molecule has 0 heterocycles. The largest absolute Gasteiger partial charge is 0.384 e. The summed E-state index contributed by atoms with van der Waals surface area (Å²) in [5.41, 5.74) is 2.31. The summed E-state index contributed by atoms with van der Waals surface area (Å²) in [5, 5.41) is 8.70. The third-order valence-electron chi connectivity index (χ3n) is 4.71. The Morgan fingerprint density at radius 1 is 1.14 bits per heavy atom. The molecular weight excluding hydrogens is 258 g/mol. The Morgan fingerprint density at radius 3 is 2.38 bits per heavy atom. The third-order valence-corrected chi connectivity index (χ3v) is 4.71. The molecule has 1 aliphatic rings. The fraction of sp³-hybridized carbons (Fsp3) is 0.579. The molecule has 0 bridgehead atoms. The van der Waals surface area contributed by atoms with Crippen LogP contribution in [0.5, 0.6) is 0 Å². The summed E-state index contributed by atoms with van der Waals surface area (Å²) in [6.45, 7) is 3.25. The van der Waals surface area contributed by atoms with E-state index in [2.05, 4.69) is 42.8 Å². The lowest BCUT2D eigenvalue weighted by Gasteiger charge is -2.34. The van der Waals surface area contributed by atoms with Crippen molar-refractivity contribution in [2.24, 2.45) is 5.92 Å². The van der Waals surface area contributed by atoms with E-state index in [0.717, 1.165) is 24.1 Å². The van der Waals surface area contributed by atoms with E-state index in [1.807, 2.05) is 12.1 Å². The summed E-state index contributed by atoms with van der Waals surface area (Å²) in [5.74, 6) is 6.57. The number of rotatable bonds is 4. The molecule has 1 aromatic rings. The molecule has 1 N–H and O–H groups in total. The molecule has 0 unspecified atom stereocenters. The molecule has 0 aliphatic heterocycles. The molecule has 1 aliphatic carbocycles. The molecule has 0 saturated heterocycles. The summed E-state index contributed by atoms with van der Waals surface area (Å²) in [7, 11) is 2.25. The van der Waals surface area contributed by atoms with E-state index in [9.17, 15) is 0 Å². The Hall–Kier alpha value is -1.30. The zero-order valence-corrected chi connectivity index (χ0v) is 13.3. The fourth-order valence-corrected chi connectivity index (χ4v) is 3.25. The van der Waals surface area contributed by atoms with Gasteiger partial charge in [-0.1, -0.05) is 37.3 Å². The molecule has 1 fully saturated rings. The molecule has 0 aromatic heterocycles. The van der Waals surface area contributed by atoms with Crippen molar-refractivity contribution >= 4 is 0 Å². The van der Waals surface area contributed by atoms with E-state index in [4.69, 9.17) is 5.11 Å². The number of hydrogen-bond donors (Lipinski definition) is 1. The van der Waals surface area contributed by atoms with Crippen molar-refractivity contribution < 1.29 is 5.11 Å². The summed E-state index contributed by atoms with van der Waals surface area (Å²) >= 11 is 0. The summed E-state index contributed by atoms with van der Waals surface area (Å²) in [4.78, 5) is 2.50. The van der Waals surface area contributed by atoms with Crippen molar-refractivity contribution in [2.45, 2.75) is 51.6 Å². The van der Waals surface area contributed by atoms with Crippen molar-refractivity contribution in [3.8, 4) is 11.8 Å². The highest BCUT2D eigenvalue weighted by atomic mass is 16.2. The number of aliphatic hydroxyl groups is 1. The molecule has 0 radical (unpaired) electrons. The molecular formula is C19H27NO. The zero-order chi connectivity index (χ0) is 15.1. The molecule has 2 heteroatoms. The monoisotopic (exact) mass is 285 g/mol. The van der Waals surface area contributed by atoms with E-state index in [0.29, 0.717) is 0 Å². The van der Waals surface area contributed by atoms with Gasteiger partial charge in [-0.15, -0.1) is 0 Å². The van der Waals surface area contributed by atoms with E-state index >= 15 is 0 Å². The van der Waals surface area contributed by atoms with Gasteiger partial charge in [-0.25, -0.2) is 0 Å².